The molecule has 1 saturated heterocycles. The molecule has 1 aromatic carbocycles. The van der Waals surface area contributed by atoms with Crippen molar-refractivity contribution in [3.8, 4) is 11.1 Å². The Hall–Kier alpha value is -3.55. The number of nitrogens with one attached hydrogen (secondary N) is 1. The van der Waals surface area contributed by atoms with Crippen molar-refractivity contribution >= 4 is 17.5 Å². The van der Waals surface area contributed by atoms with E-state index in [2.05, 4.69) is 15.4 Å². The van der Waals surface area contributed by atoms with E-state index in [1.54, 1.807) is 35.4 Å². The smallest absolute Gasteiger partial charge is 0.227 e. The van der Waals surface area contributed by atoms with Crippen LogP contribution in [0.1, 0.15) is 6.42 Å². The van der Waals surface area contributed by atoms with E-state index in [0.717, 1.165) is 11.1 Å². The molecule has 1 unspecified atom stereocenters. The van der Waals surface area contributed by atoms with E-state index in [1.165, 1.54) is 17.0 Å². The van der Waals surface area contributed by atoms with Gasteiger partial charge >= 0.3 is 0 Å². The average Bonchev–Trinajstić information content (AvgIpc) is 3.35. The van der Waals surface area contributed by atoms with Crippen LogP contribution in [-0.2, 0) is 16.1 Å². The van der Waals surface area contributed by atoms with Crippen molar-refractivity contribution in [2.45, 2.75) is 13.0 Å². The van der Waals surface area contributed by atoms with E-state index in [0.29, 0.717) is 18.8 Å². The predicted molar refractivity (Wildman–Crippen MR) is 105 cm³/mol. The third kappa shape index (κ3) is 4.31. The normalized spacial score (nSPS) is 16.2. The Morgan fingerprint density at radius 2 is 2.03 bits per heavy atom. The number of rotatable bonds is 6. The fourth-order valence-corrected chi connectivity index (χ4v) is 3.39. The maximum atomic E-state index is 13.4. The molecule has 0 spiro atoms. The third-order valence-electron chi connectivity index (χ3n) is 4.90. The van der Waals surface area contributed by atoms with Gasteiger partial charge in [0.2, 0.25) is 11.8 Å². The van der Waals surface area contributed by atoms with Gasteiger partial charge in [-0.1, -0.05) is 6.07 Å². The Labute approximate surface area is 167 Å². The first-order chi connectivity index (χ1) is 14.1. The van der Waals surface area contributed by atoms with Crippen LogP contribution in [0.2, 0.25) is 0 Å². The number of amides is 2. The van der Waals surface area contributed by atoms with Crippen LogP contribution in [0.5, 0.6) is 0 Å². The number of aromatic nitrogens is 3. The van der Waals surface area contributed by atoms with E-state index in [1.807, 2.05) is 18.3 Å². The van der Waals surface area contributed by atoms with E-state index >= 15 is 0 Å². The highest BCUT2D eigenvalue weighted by Gasteiger charge is 2.35. The van der Waals surface area contributed by atoms with Crippen molar-refractivity contribution in [2.75, 3.05) is 18.0 Å². The quantitative estimate of drug-likeness (QED) is 0.697. The molecule has 0 radical (unpaired) electrons. The molecule has 1 atom stereocenters. The summed E-state index contributed by atoms with van der Waals surface area (Å²) in [5.41, 5.74) is 2.48. The summed E-state index contributed by atoms with van der Waals surface area (Å²) in [4.78, 5) is 30.1. The molecule has 1 aliphatic heterocycles. The fraction of sp³-hybridized carbons (Fsp3) is 0.238. The average molecular weight is 393 g/mol. The third-order valence-corrected chi connectivity index (χ3v) is 4.90. The van der Waals surface area contributed by atoms with Crippen LogP contribution in [0.3, 0.4) is 0 Å². The Morgan fingerprint density at radius 1 is 1.21 bits per heavy atom. The predicted octanol–water partition coefficient (Wildman–Crippen LogP) is 2.25. The Kier molecular flexibility index (Phi) is 5.33. The van der Waals surface area contributed by atoms with Gasteiger partial charge in [-0.05, 0) is 35.9 Å². The van der Waals surface area contributed by atoms with E-state index < -0.39 is 11.7 Å². The highest BCUT2D eigenvalue weighted by Crippen LogP contribution is 2.25. The van der Waals surface area contributed by atoms with Gasteiger partial charge in [0.25, 0.3) is 0 Å². The first-order valence-corrected chi connectivity index (χ1v) is 9.36. The van der Waals surface area contributed by atoms with Crippen LogP contribution in [0.4, 0.5) is 10.1 Å². The van der Waals surface area contributed by atoms with Crippen molar-refractivity contribution in [2.24, 2.45) is 5.92 Å². The zero-order chi connectivity index (χ0) is 20.2. The number of halogens is 1. The summed E-state index contributed by atoms with van der Waals surface area (Å²) in [6, 6.07) is 9.66. The minimum absolute atomic E-state index is 0.121. The summed E-state index contributed by atoms with van der Waals surface area (Å²) in [5, 5.41) is 7.17. The topological polar surface area (TPSA) is 80.1 Å². The zero-order valence-corrected chi connectivity index (χ0v) is 15.7. The van der Waals surface area contributed by atoms with Gasteiger partial charge in [-0.3, -0.25) is 19.3 Å². The van der Waals surface area contributed by atoms with Crippen LogP contribution < -0.4 is 10.2 Å². The number of hydrogen-bond donors (Lipinski definition) is 1. The number of benzene rings is 1. The summed E-state index contributed by atoms with van der Waals surface area (Å²) < 4.78 is 15.2. The van der Waals surface area contributed by atoms with E-state index in [-0.39, 0.29) is 24.8 Å². The van der Waals surface area contributed by atoms with Gasteiger partial charge in [-0.25, -0.2) is 4.39 Å². The second-order valence-electron chi connectivity index (χ2n) is 6.90. The van der Waals surface area contributed by atoms with Gasteiger partial charge in [-0.2, -0.15) is 5.10 Å². The number of pyridine rings is 1. The SMILES string of the molecule is O=C(NCCn1cc(-c2ccncc2)cn1)C1CC(=O)N(c2cccc(F)c2)C1. The van der Waals surface area contributed by atoms with Crippen molar-refractivity contribution in [1.82, 2.24) is 20.1 Å². The molecule has 29 heavy (non-hydrogen) atoms. The lowest BCUT2D eigenvalue weighted by Gasteiger charge is -2.16. The molecule has 7 nitrogen and oxygen atoms in total. The molecular weight excluding hydrogens is 373 g/mol. The van der Waals surface area contributed by atoms with Crippen LogP contribution in [0, 0.1) is 11.7 Å². The molecule has 0 saturated carbocycles. The van der Waals surface area contributed by atoms with Crippen LogP contribution in [0.25, 0.3) is 11.1 Å². The standard InChI is InChI=1S/C21H20FN5O2/c22-18-2-1-3-19(11-18)27-14-16(10-20(27)28)21(29)24-8-9-26-13-17(12-25-26)15-4-6-23-7-5-15/h1-7,11-13,16H,8-10,14H2,(H,24,29). The lowest BCUT2D eigenvalue weighted by atomic mass is 10.1. The minimum Gasteiger partial charge on any atom is -0.354 e. The summed E-state index contributed by atoms with van der Waals surface area (Å²) in [6.07, 6.45) is 7.25. The molecule has 1 aliphatic rings. The number of carbonyl (C=O) groups excluding carboxylic acids is 2. The van der Waals surface area contributed by atoms with Crippen LogP contribution in [0.15, 0.2) is 61.2 Å². The number of nitrogens with zero attached hydrogens (tertiary/aromatic N) is 4. The first-order valence-electron chi connectivity index (χ1n) is 9.36. The molecule has 1 N–H and O–H groups in total. The summed E-state index contributed by atoms with van der Waals surface area (Å²) in [6.45, 7) is 1.17. The molecule has 2 amide bonds. The molecular formula is C21H20FN5O2. The van der Waals surface area contributed by atoms with Crippen molar-refractivity contribution in [3.63, 3.8) is 0 Å². The van der Waals surface area contributed by atoms with Gasteiger partial charge in [0.05, 0.1) is 18.7 Å². The molecule has 0 bridgehead atoms. The molecule has 1 fully saturated rings. The highest BCUT2D eigenvalue weighted by molar-refractivity contribution is 6.00. The summed E-state index contributed by atoms with van der Waals surface area (Å²) >= 11 is 0. The maximum Gasteiger partial charge on any atom is 0.227 e. The number of hydrogen-bond acceptors (Lipinski definition) is 4. The Morgan fingerprint density at radius 3 is 2.83 bits per heavy atom. The van der Waals surface area contributed by atoms with Crippen molar-refractivity contribution < 1.29 is 14.0 Å². The lowest BCUT2D eigenvalue weighted by molar-refractivity contribution is -0.126. The minimum atomic E-state index is -0.448. The van der Waals surface area contributed by atoms with Crippen LogP contribution in [-0.4, -0.2) is 39.7 Å². The summed E-state index contributed by atoms with van der Waals surface area (Å²) in [7, 11) is 0. The number of anilines is 1. The van der Waals surface area contributed by atoms with Crippen molar-refractivity contribution in [1.29, 1.82) is 0 Å². The van der Waals surface area contributed by atoms with E-state index in [9.17, 15) is 14.0 Å². The Bertz CT molecular complexity index is 1020. The lowest BCUT2D eigenvalue weighted by Crippen LogP contribution is -2.34. The fourth-order valence-electron chi connectivity index (χ4n) is 3.39. The molecule has 3 aromatic rings. The maximum absolute atomic E-state index is 13.4. The second kappa shape index (κ2) is 8.22. The van der Waals surface area contributed by atoms with E-state index in [4.69, 9.17) is 0 Å². The molecule has 8 heteroatoms. The molecule has 148 valence electrons. The Balaban J connectivity index is 1.29. The highest BCUT2D eigenvalue weighted by atomic mass is 19.1. The molecule has 4 rings (SSSR count). The zero-order valence-electron chi connectivity index (χ0n) is 15.7. The number of carbonyl (C=O) groups is 2. The van der Waals surface area contributed by atoms with Gasteiger partial charge in [0, 0.05) is 49.4 Å². The molecule has 3 heterocycles. The van der Waals surface area contributed by atoms with Gasteiger partial charge < -0.3 is 10.2 Å². The molecule has 2 aromatic heterocycles. The summed E-state index contributed by atoms with van der Waals surface area (Å²) in [5.74, 6) is -1.21. The first kappa shape index (κ1) is 18.8. The van der Waals surface area contributed by atoms with Crippen molar-refractivity contribution in [3.05, 3.63) is 67.0 Å². The van der Waals surface area contributed by atoms with Gasteiger partial charge in [-0.15, -0.1) is 0 Å². The molecule has 0 aliphatic carbocycles. The van der Waals surface area contributed by atoms with Crippen LogP contribution >= 0.6 is 0 Å². The largest absolute Gasteiger partial charge is 0.354 e. The monoisotopic (exact) mass is 393 g/mol. The van der Waals surface area contributed by atoms with Gasteiger partial charge in [0.15, 0.2) is 0 Å². The van der Waals surface area contributed by atoms with Gasteiger partial charge in [0.1, 0.15) is 5.82 Å². The second-order valence-corrected chi connectivity index (χ2v) is 6.90.